The minimum absolute atomic E-state index is 0.0564. The van der Waals surface area contributed by atoms with Gasteiger partial charge in [0.2, 0.25) is 5.91 Å². The molecule has 0 spiro atoms. The molecule has 1 amide bonds. The normalized spacial score (nSPS) is 10.5. The van der Waals surface area contributed by atoms with Crippen molar-refractivity contribution in [1.29, 1.82) is 0 Å². The van der Waals surface area contributed by atoms with E-state index in [9.17, 15) is 4.79 Å². The Labute approximate surface area is 131 Å². The lowest BCUT2D eigenvalue weighted by molar-refractivity contribution is -0.120. The number of nitrogens with one attached hydrogen (secondary N) is 1. The topological polar surface area (TPSA) is 42.2 Å². The first kappa shape index (κ1) is 15.2. The molecule has 1 heterocycles. The van der Waals surface area contributed by atoms with Crippen LogP contribution in [-0.4, -0.2) is 17.9 Å². The minimum atomic E-state index is 0.0564. The maximum absolute atomic E-state index is 11.5. The molecule has 0 aliphatic heterocycles. The summed E-state index contributed by atoms with van der Waals surface area (Å²) in [6.45, 7) is 0.434. The molecule has 2 rings (SSSR count). The van der Waals surface area contributed by atoms with Crippen molar-refractivity contribution >= 4 is 33.6 Å². The largest absolute Gasteiger partial charge is 0.459 e. The van der Waals surface area contributed by atoms with Crippen molar-refractivity contribution in [1.82, 2.24) is 5.32 Å². The lowest BCUT2D eigenvalue weighted by Gasteiger charge is -2.02. The Balaban J connectivity index is 1.92. The highest BCUT2D eigenvalue weighted by atomic mass is 79.9. The molecule has 1 N–H and O–H groups in total. The van der Waals surface area contributed by atoms with E-state index in [-0.39, 0.29) is 5.91 Å². The van der Waals surface area contributed by atoms with Gasteiger partial charge in [0.1, 0.15) is 11.5 Å². The van der Waals surface area contributed by atoms with Gasteiger partial charge in [-0.15, -0.1) is 0 Å². The van der Waals surface area contributed by atoms with Gasteiger partial charge in [-0.2, -0.15) is 11.8 Å². The molecule has 20 heavy (non-hydrogen) atoms. The fraction of sp³-hybridized carbons (Fsp3) is 0.267. The van der Waals surface area contributed by atoms with Crippen LogP contribution in [0.25, 0.3) is 11.3 Å². The van der Waals surface area contributed by atoms with Crippen molar-refractivity contribution in [3.8, 4) is 11.3 Å². The molecule has 0 unspecified atom stereocenters. The number of thioether (sulfide) groups is 1. The first-order valence-electron chi connectivity index (χ1n) is 6.29. The number of hydrogen-bond acceptors (Lipinski definition) is 3. The Morgan fingerprint density at radius 3 is 2.70 bits per heavy atom. The van der Waals surface area contributed by atoms with Crippen molar-refractivity contribution in [3.05, 3.63) is 46.6 Å². The van der Waals surface area contributed by atoms with Crippen molar-refractivity contribution in [2.45, 2.75) is 13.0 Å². The Morgan fingerprint density at radius 1 is 1.25 bits per heavy atom. The van der Waals surface area contributed by atoms with Crippen molar-refractivity contribution in [2.75, 3.05) is 12.0 Å². The summed E-state index contributed by atoms with van der Waals surface area (Å²) in [4.78, 5) is 11.5. The number of amides is 1. The van der Waals surface area contributed by atoms with E-state index in [1.54, 1.807) is 11.8 Å². The molecule has 1 aromatic heterocycles. The van der Waals surface area contributed by atoms with E-state index in [1.165, 1.54) is 0 Å². The molecule has 0 saturated carbocycles. The van der Waals surface area contributed by atoms with Crippen LogP contribution in [0.3, 0.4) is 0 Å². The maximum atomic E-state index is 11.5. The van der Waals surface area contributed by atoms with Crippen LogP contribution in [0.4, 0.5) is 0 Å². The molecule has 0 fully saturated rings. The van der Waals surface area contributed by atoms with Gasteiger partial charge in [-0.25, -0.2) is 0 Å². The zero-order valence-electron chi connectivity index (χ0n) is 11.2. The number of benzene rings is 1. The average Bonchev–Trinajstić information content (AvgIpc) is 2.92. The zero-order chi connectivity index (χ0) is 14.4. The second-order valence-electron chi connectivity index (χ2n) is 4.29. The standard InChI is InChI=1S/C15H16BrNO2S/c1-20-9-8-15(18)17-10-13-6-7-14(19-13)11-2-4-12(16)5-3-11/h2-7H,8-10H2,1H3,(H,17,18). The number of halogens is 1. The lowest BCUT2D eigenvalue weighted by Crippen LogP contribution is -2.22. The SMILES string of the molecule is CSCCC(=O)NCc1ccc(-c2ccc(Br)cc2)o1. The first-order chi connectivity index (χ1) is 9.69. The third-order valence-corrected chi connectivity index (χ3v) is 3.92. The number of hydrogen-bond donors (Lipinski definition) is 1. The van der Waals surface area contributed by atoms with E-state index < -0.39 is 0 Å². The summed E-state index contributed by atoms with van der Waals surface area (Å²) in [6, 6.07) is 11.7. The van der Waals surface area contributed by atoms with Gasteiger partial charge in [0.05, 0.1) is 6.54 Å². The third-order valence-electron chi connectivity index (χ3n) is 2.78. The molecule has 0 radical (unpaired) electrons. The molecule has 5 heteroatoms. The van der Waals surface area contributed by atoms with Crippen LogP contribution in [0.5, 0.6) is 0 Å². The van der Waals surface area contributed by atoms with Crippen LogP contribution in [0.2, 0.25) is 0 Å². The Hall–Kier alpha value is -1.20. The molecule has 0 aliphatic rings. The van der Waals surface area contributed by atoms with Crippen LogP contribution < -0.4 is 5.32 Å². The van der Waals surface area contributed by atoms with Gasteiger partial charge in [-0.05, 0) is 30.5 Å². The van der Waals surface area contributed by atoms with E-state index in [1.807, 2.05) is 42.7 Å². The summed E-state index contributed by atoms with van der Waals surface area (Å²) in [5.74, 6) is 2.47. The number of carbonyl (C=O) groups excluding carboxylic acids is 1. The number of rotatable bonds is 6. The molecule has 0 atom stereocenters. The molecule has 3 nitrogen and oxygen atoms in total. The Kier molecular flexibility index (Phi) is 5.73. The van der Waals surface area contributed by atoms with Crippen LogP contribution in [0.1, 0.15) is 12.2 Å². The molecular weight excluding hydrogens is 338 g/mol. The highest BCUT2D eigenvalue weighted by Gasteiger charge is 2.06. The fourth-order valence-corrected chi connectivity index (χ4v) is 2.36. The molecular formula is C15H16BrNO2S. The second-order valence-corrected chi connectivity index (χ2v) is 6.19. The maximum Gasteiger partial charge on any atom is 0.221 e. The minimum Gasteiger partial charge on any atom is -0.459 e. The average molecular weight is 354 g/mol. The summed E-state index contributed by atoms with van der Waals surface area (Å²) in [7, 11) is 0. The number of carbonyl (C=O) groups is 1. The van der Waals surface area contributed by atoms with Gasteiger partial charge in [-0.3, -0.25) is 4.79 Å². The monoisotopic (exact) mass is 353 g/mol. The van der Waals surface area contributed by atoms with Gasteiger partial charge in [-0.1, -0.05) is 28.1 Å². The van der Waals surface area contributed by atoms with Crippen molar-refractivity contribution in [3.63, 3.8) is 0 Å². The first-order valence-corrected chi connectivity index (χ1v) is 8.48. The highest BCUT2D eigenvalue weighted by Crippen LogP contribution is 2.23. The number of furan rings is 1. The van der Waals surface area contributed by atoms with Gasteiger partial charge >= 0.3 is 0 Å². The summed E-state index contributed by atoms with van der Waals surface area (Å²) in [5.41, 5.74) is 1.02. The van der Waals surface area contributed by atoms with Crippen molar-refractivity contribution in [2.24, 2.45) is 0 Å². The third kappa shape index (κ3) is 4.42. The van der Waals surface area contributed by atoms with Gasteiger partial charge in [0, 0.05) is 22.2 Å². The smallest absolute Gasteiger partial charge is 0.221 e. The van der Waals surface area contributed by atoms with E-state index in [0.717, 1.165) is 27.3 Å². The Morgan fingerprint density at radius 2 is 2.00 bits per heavy atom. The molecule has 0 aliphatic carbocycles. The van der Waals surface area contributed by atoms with Crippen LogP contribution in [-0.2, 0) is 11.3 Å². The summed E-state index contributed by atoms with van der Waals surface area (Å²) in [5, 5.41) is 2.85. The van der Waals surface area contributed by atoms with Gasteiger partial charge in [0.25, 0.3) is 0 Å². The Bertz CT molecular complexity index is 566. The summed E-state index contributed by atoms with van der Waals surface area (Å²) >= 11 is 5.07. The summed E-state index contributed by atoms with van der Waals surface area (Å²) in [6.07, 6.45) is 2.53. The van der Waals surface area contributed by atoms with Crippen molar-refractivity contribution < 1.29 is 9.21 Å². The molecule has 1 aromatic carbocycles. The molecule has 106 valence electrons. The van der Waals surface area contributed by atoms with Crippen LogP contribution in [0, 0.1) is 0 Å². The van der Waals surface area contributed by atoms with Gasteiger partial charge in [0.15, 0.2) is 0 Å². The quantitative estimate of drug-likeness (QED) is 0.850. The molecule has 2 aromatic rings. The van der Waals surface area contributed by atoms with E-state index >= 15 is 0 Å². The van der Waals surface area contributed by atoms with Crippen LogP contribution in [0.15, 0.2) is 45.3 Å². The van der Waals surface area contributed by atoms with E-state index in [2.05, 4.69) is 21.2 Å². The van der Waals surface area contributed by atoms with E-state index in [4.69, 9.17) is 4.42 Å². The molecule has 0 saturated heterocycles. The zero-order valence-corrected chi connectivity index (χ0v) is 13.6. The van der Waals surface area contributed by atoms with Crippen LogP contribution >= 0.6 is 27.7 Å². The fourth-order valence-electron chi connectivity index (χ4n) is 1.71. The lowest BCUT2D eigenvalue weighted by atomic mass is 10.2. The van der Waals surface area contributed by atoms with E-state index in [0.29, 0.717) is 13.0 Å². The predicted molar refractivity (Wildman–Crippen MR) is 86.7 cm³/mol. The second kappa shape index (κ2) is 7.55. The molecule has 0 bridgehead atoms. The highest BCUT2D eigenvalue weighted by molar-refractivity contribution is 9.10. The van der Waals surface area contributed by atoms with Gasteiger partial charge < -0.3 is 9.73 Å². The predicted octanol–water partition coefficient (Wildman–Crippen LogP) is 4.08. The summed E-state index contributed by atoms with van der Waals surface area (Å²) < 4.78 is 6.77.